The number of benzene rings is 1. The highest BCUT2D eigenvalue weighted by Crippen LogP contribution is 2.20. The number of rotatable bonds is 3. The molecule has 4 rings (SSSR count). The van der Waals surface area contributed by atoms with E-state index < -0.39 is 9.84 Å². The second-order valence-corrected chi connectivity index (χ2v) is 8.84. The summed E-state index contributed by atoms with van der Waals surface area (Å²) in [4.78, 5) is 16.5. The van der Waals surface area contributed by atoms with Gasteiger partial charge < -0.3 is 4.42 Å². The van der Waals surface area contributed by atoms with Crippen molar-refractivity contribution in [1.82, 2.24) is 14.4 Å². The largest absolute Gasteiger partial charge is 0.421 e. The Labute approximate surface area is 140 Å². The first-order valence-corrected chi connectivity index (χ1v) is 10.1. The number of sulfone groups is 1. The number of hydrogen-bond donors (Lipinski definition) is 0. The van der Waals surface area contributed by atoms with E-state index in [0.29, 0.717) is 23.8 Å². The van der Waals surface area contributed by atoms with Crippen LogP contribution in [-0.2, 0) is 16.5 Å². The van der Waals surface area contributed by atoms with Crippen LogP contribution >= 0.6 is 0 Å². The Hall–Kier alpha value is -1.64. The molecule has 2 aliphatic rings. The van der Waals surface area contributed by atoms with E-state index in [1.54, 1.807) is 10.6 Å². The lowest BCUT2D eigenvalue weighted by atomic mass is 10.2. The van der Waals surface area contributed by atoms with Gasteiger partial charge in [-0.2, -0.15) is 0 Å². The monoisotopic (exact) mass is 351 g/mol. The van der Waals surface area contributed by atoms with E-state index in [0.717, 1.165) is 38.1 Å². The third kappa shape index (κ3) is 3.01. The zero-order valence-electron chi connectivity index (χ0n) is 13.4. The highest BCUT2D eigenvalue weighted by molar-refractivity contribution is 7.91. The van der Waals surface area contributed by atoms with Crippen molar-refractivity contribution in [2.45, 2.75) is 19.1 Å². The van der Waals surface area contributed by atoms with Crippen molar-refractivity contribution in [1.29, 1.82) is 0 Å². The summed E-state index contributed by atoms with van der Waals surface area (Å²) in [5.74, 6) is 0.271. The van der Waals surface area contributed by atoms with E-state index in [1.807, 2.05) is 18.2 Å². The van der Waals surface area contributed by atoms with Gasteiger partial charge >= 0.3 is 5.76 Å². The molecule has 0 bridgehead atoms. The number of fused-ring (bicyclic) bond motifs is 1. The molecule has 1 aromatic heterocycles. The molecule has 2 fully saturated rings. The summed E-state index contributed by atoms with van der Waals surface area (Å²) in [7, 11) is -2.84. The molecule has 0 N–H and O–H groups in total. The Bertz CT molecular complexity index is 893. The Morgan fingerprint density at radius 2 is 1.88 bits per heavy atom. The first-order valence-electron chi connectivity index (χ1n) is 8.27. The van der Waals surface area contributed by atoms with Gasteiger partial charge in [-0.15, -0.1) is 0 Å². The molecule has 130 valence electrons. The molecule has 1 aromatic carbocycles. The minimum atomic E-state index is -2.84. The SMILES string of the molecule is O=c1oc2ccccc2n1CN1CCN([C@@H]2CCS(=O)(=O)C2)CC1. The molecule has 3 heterocycles. The molecule has 0 aliphatic carbocycles. The zero-order chi connectivity index (χ0) is 16.7. The van der Waals surface area contributed by atoms with Crippen molar-refractivity contribution in [3.63, 3.8) is 0 Å². The normalized spacial score (nSPS) is 25.4. The van der Waals surface area contributed by atoms with E-state index in [2.05, 4.69) is 9.80 Å². The summed E-state index contributed by atoms with van der Waals surface area (Å²) < 4.78 is 30.2. The van der Waals surface area contributed by atoms with Crippen LogP contribution < -0.4 is 5.76 Å². The van der Waals surface area contributed by atoms with Crippen LogP contribution in [0.2, 0.25) is 0 Å². The molecule has 1 atom stereocenters. The summed E-state index contributed by atoms with van der Waals surface area (Å²) in [6.45, 7) is 3.83. The Balaban J connectivity index is 1.41. The van der Waals surface area contributed by atoms with E-state index in [9.17, 15) is 13.2 Å². The van der Waals surface area contributed by atoms with Gasteiger partial charge in [0.25, 0.3) is 0 Å². The molecular formula is C16H21N3O4S. The molecule has 2 saturated heterocycles. The average molecular weight is 351 g/mol. The molecule has 0 spiro atoms. The van der Waals surface area contributed by atoms with Gasteiger partial charge in [-0.05, 0) is 18.6 Å². The molecular weight excluding hydrogens is 330 g/mol. The zero-order valence-corrected chi connectivity index (χ0v) is 14.2. The van der Waals surface area contributed by atoms with Gasteiger partial charge in [-0.3, -0.25) is 14.4 Å². The van der Waals surface area contributed by atoms with Crippen LogP contribution in [0.15, 0.2) is 33.5 Å². The van der Waals surface area contributed by atoms with Gasteiger partial charge in [0.2, 0.25) is 0 Å². The molecule has 0 radical (unpaired) electrons. The molecule has 0 amide bonds. The molecule has 2 aromatic rings. The van der Waals surface area contributed by atoms with E-state index >= 15 is 0 Å². The first-order chi connectivity index (χ1) is 11.5. The van der Waals surface area contributed by atoms with Crippen LogP contribution in [0.1, 0.15) is 6.42 Å². The van der Waals surface area contributed by atoms with Gasteiger partial charge in [-0.25, -0.2) is 13.2 Å². The minimum absolute atomic E-state index is 0.162. The quantitative estimate of drug-likeness (QED) is 0.795. The lowest BCUT2D eigenvalue weighted by Gasteiger charge is -2.37. The number of hydrogen-bond acceptors (Lipinski definition) is 6. The van der Waals surface area contributed by atoms with Crippen molar-refractivity contribution >= 4 is 20.9 Å². The molecule has 24 heavy (non-hydrogen) atoms. The number of nitrogens with zero attached hydrogens (tertiary/aromatic N) is 3. The second-order valence-electron chi connectivity index (χ2n) is 6.62. The minimum Gasteiger partial charge on any atom is -0.408 e. The summed E-state index contributed by atoms with van der Waals surface area (Å²) in [6.07, 6.45) is 0.744. The van der Waals surface area contributed by atoms with Crippen molar-refractivity contribution in [3.05, 3.63) is 34.8 Å². The smallest absolute Gasteiger partial charge is 0.408 e. The summed E-state index contributed by atoms with van der Waals surface area (Å²) in [5.41, 5.74) is 1.42. The Morgan fingerprint density at radius 3 is 2.58 bits per heavy atom. The first kappa shape index (κ1) is 15.9. The number of piperazine rings is 1. The van der Waals surface area contributed by atoms with Gasteiger partial charge in [0.1, 0.15) is 0 Å². The summed E-state index contributed by atoms with van der Waals surface area (Å²) in [5, 5.41) is 0. The standard InChI is InChI=1S/C16H21N3O4S/c20-16-19(14-3-1-2-4-15(14)23-16)12-17-6-8-18(9-7-17)13-5-10-24(21,22)11-13/h1-4,13H,5-12H2/t13-/m1/s1. The molecule has 7 nitrogen and oxygen atoms in total. The second kappa shape index (κ2) is 6.02. The van der Waals surface area contributed by atoms with Gasteiger partial charge in [0.15, 0.2) is 15.4 Å². The molecule has 2 aliphatic heterocycles. The van der Waals surface area contributed by atoms with E-state index in [4.69, 9.17) is 4.42 Å². The number of aromatic nitrogens is 1. The molecule has 0 saturated carbocycles. The average Bonchev–Trinajstić information content (AvgIpc) is 3.08. The predicted molar refractivity (Wildman–Crippen MR) is 90.7 cm³/mol. The third-order valence-corrected chi connectivity index (χ3v) is 6.80. The maximum atomic E-state index is 12.0. The molecule has 8 heteroatoms. The van der Waals surface area contributed by atoms with Crippen LogP contribution in [0.5, 0.6) is 0 Å². The van der Waals surface area contributed by atoms with Crippen LogP contribution in [0, 0.1) is 0 Å². The van der Waals surface area contributed by atoms with E-state index in [1.165, 1.54) is 0 Å². The third-order valence-electron chi connectivity index (χ3n) is 5.05. The predicted octanol–water partition coefficient (Wildman–Crippen LogP) is 0.357. The summed E-state index contributed by atoms with van der Waals surface area (Å²) >= 11 is 0. The van der Waals surface area contributed by atoms with E-state index in [-0.39, 0.29) is 11.8 Å². The Morgan fingerprint density at radius 1 is 1.12 bits per heavy atom. The Kier molecular flexibility index (Phi) is 3.98. The lowest BCUT2D eigenvalue weighted by molar-refractivity contribution is 0.0839. The van der Waals surface area contributed by atoms with Crippen molar-refractivity contribution < 1.29 is 12.8 Å². The fourth-order valence-corrected chi connectivity index (χ4v) is 5.44. The fraction of sp³-hybridized carbons (Fsp3) is 0.562. The maximum Gasteiger partial charge on any atom is 0.421 e. The van der Waals surface area contributed by atoms with Crippen molar-refractivity contribution in [2.75, 3.05) is 37.7 Å². The lowest BCUT2D eigenvalue weighted by Crippen LogP contribution is -2.51. The van der Waals surface area contributed by atoms with Crippen molar-refractivity contribution in [3.8, 4) is 0 Å². The van der Waals surface area contributed by atoms with Gasteiger partial charge in [0.05, 0.1) is 23.7 Å². The number of oxazole rings is 1. The molecule has 0 unspecified atom stereocenters. The fourth-order valence-electron chi connectivity index (χ4n) is 3.68. The highest BCUT2D eigenvalue weighted by atomic mass is 32.2. The highest BCUT2D eigenvalue weighted by Gasteiger charge is 2.33. The van der Waals surface area contributed by atoms with Crippen LogP contribution in [0.25, 0.3) is 11.1 Å². The maximum absolute atomic E-state index is 12.0. The van der Waals surface area contributed by atoms with Gasteiger partial charge in [0, 0.05) is 32.2 Å². The topological polar surface area (TPSA) is 75.8 Å². The number of para-hydroxylation sites is 2. The van der Waals surface area contributed by atoms with Gasteiger partial charge in [-0.1, -0.05) is 12.1 Å². The van der Waals surface area contributed by atoms with Crippen LogP contribution in [-0.4, -0.2) is 66.5 Å². The summed E-state index contributed by atoms with van der Waals surface area (Å²) in [6, 6.07) is 7.59. The van der Waals surface area contributed by atoms with Crippen LogP contribution in [0.3, 0.4) is 0 Å². The van der Waals surface area contributed by atoms with Crippen molar-refractivity contribution in [2.24, 2.45) is 0 Å². The van der Waals surface area contributed by atoms with Crippen LogP contribution in [0.4, 0.5) is 0 Å².